The minimum atomic E-state index is -3.86. The van der Waals surface area contributed by atoms with Crippen LogP contribution in [0, 0.1) is 6.92 Å². The SMILES string of the molecule is Cc1ccc(S(=O)(=O)n2ncc3c(Cl)c(C[C@@H](CNC(=O)C[C@H](C)c4ccccc4)N(C)C)ccc32)cc1. The first-order valence-electron chi connectivity index (χ1n) is 12.5. The molecule has 1 amide bonds. The molecule has 0 aliphatic rings. The number of benzene rings is 3. The normalized spacial score (nSPS) is 13.5. The second-order valence-electron chi connectivity index (χ2n) is 9.92. The van der Waals surface area contributed by atoms with Gasteiger partial charge in [-0.2, -0.15) is 17.6 Å². The molecule has 4 aromatic rings. The van der Waals surface area contributed by atoms with Gasteiger partial charge in [-0.1, -0.05) is 72.6 Å². The van der Waals surface area contributed by atoms with E-state index in [0.717, 1.165) is 20.8 Å². The lowest BCUT2D eigenvalue weighted by Crippen LogP contribution is -2.41. The fourth-order valence-electron chi connectivity index (χ4n) is 4.42. The van der Waals surface area contributed by atoms with Crippen LogP contribution < -0.4 is 5.32 Å². The summed E-state index contributed by atoms with van der Waals surface area (Å²) in [6.45, 7) is 4.41. The smallest absolute Gasteiger partial charge is 0.283 e. The summed E-state index contributed by atoms with van der Waals surface area (Å²) in [5, 5.41) is 8.27. The number of hydrogen-bond donors (Lipinski definition) is 1. The van der Waals surface area contributed by atoms with Crippen molar-refractivity contribution in [2.75, 3.05) is 20.6 Å². The molecule has 1 aromatic heterocycles. The zero-order valence-corrected chi connectivity index (χ0v) is 23.6. The molecule has 38 heavy (non-hydrogen) atoms. The molecular formula is C29H33ClN4O3S. The van der Waals surface area contributed by atoms with Crippen LogP contribution in [-0.4, -0.2) is 55.1 Å². The third-order valence-electron chi connectivity index (χ3n) is 6.86. The number of likely N-dealkylation sites (N-methyl/N-ethyl adjacent to an activating group) is 1. The summed E-state index contributed by atoms with van der Waals surface area (Å²) in [6, 6.07) is 20.2. The first-order valence-corrected chi connectivity index (χ1v) is 14.3. The molecule has 0 saturated heterocycles. The molecule has 0 saturated carbocycles. The van der Waals surface area contributed by atoms with Gasteiger partial charge in [0.1, 0.15) is 0 Å². The lowest BCUT2D eigenvalue weighted by atomic mass is 9.97. The Bertz CT molecular complexity index is 1520. The predicted octanol–water partition coefficient (Wildman–Crippen LogP) is 5.02. The van der Waals surface area contributed by atoms with E-state index in [0.29, 0.717) is 35.3 Å². The molecule has 2 atom stereocenters. The summed E-state index contributed by atoms with van der Waals surface area (Å²) in [5.41, 5.74) is 3.39. The van der Waals surface area contributed by atoms with Gasteiger partial charge in [-0.05, 0) is 62.7 Å². The number of aryl methyl sites for hydroxylation is 1. The lowest BCUT2D eigenvalue weighted by molar-refractivity contribution is -0.121. The molecule has 0 spiro atoms. The minimum Gasteiger partial charge on any atom is -0.355 e. The average Bonchev–Trinajstić information content (AvgIpc) is 3.34. The van der Waals surface area contributed by atoms with Gasteiger partial charge in [-0.15, -0.1) is 0 Å². The zero-order chi connectivity index (χ0) is 27.4. The van der Waals surface area contributed by atoms with E-state index in [2.05, 4.69) is 10.4 Å². The summed E-state index contributed by atoms with van der Waals surface area (Å²) >= 11 is 6.77. The van der Waals surface area contributed by atoms with E-state index in [1.54, 1.807) is 30.3 Å². The lowest BCUT2D eigenvalue weighted by Gasteiger charge is -2.25. The van der Waals surface area contributed by atoms with Crippen molar-refractivity contribution >= 4 is 38.4 Å². The first kappa shape index (κ1) is 27.8. The van der Waals surface area contributed by atoms with Gasteiger partial charge in [-0.3, -0.25) is 4.79 Å². The maximum Gasteiger partial charge on any atom is 0.283 e. The molecule has 1 heterocycles. The van der Waals surface area contributed by atoms with E-state index in [1.807, 2.05) is 69.2 Å². The monoisotopic (exact) mass is 552 g/mol. The van der Waals surface area contributed by atoms with Crippen molar-refractivity contribution in [1.82, 2.24) is 19.4 Å². The Kier molecular flexibility index (Phi) is 8.55. The van der Waals surface area contributed by atoms with Crippen molar-refractivity contribution in [1.29, 1.82) is 0 Å². The number of fused-ring (bicyclic) bond motifs is 1. The Morgan fingerprint density at radius 2 is 1.74 bits per heavy atom. The first-order chi connectivity index (χ1) is 18.1. The molecule has 0 radical (unpaired) electrons. The van der Waals surface area contributed by atoms with E-state index in [-0.39, 0.29) is 22.8 Å². The maximum atomic E-state index is 13.2. The van der Waals surface area contributed by atoms with E-state index in [1.165, 1.54) is 6.20 Å². The molecule has 200 valence electrons. The molecule has 7 nitrogen and oxygen atoms in total. The van der Waals surface area contributed by atoms with Crippen LogP contribution in [0.4, 0.5) is 0 Å². The summed E-state index contributed by atoms with van der Waals surface area (Å²) in [6.07, 6.45) is 2.47. The van der Waals surface area contributed by atoms with Gasteiger partial charge in [0.2, 0.25) is 5.91 Å². The average molecular weight is 553 g/mol. The number of hydrogen-bond acceptors (Lipinski definition) is 5. The number of rotatable bonds is 10. The van der Waals surface area contributed by atoms with E-state index >= 15 is 0 Å². The molecule has 0 aliphatic heterocycles. The molecule has 3 aromatic carbocycles. The van der Waals surface area contributed by atoms with E-state index in [9.17, 15) is 13.2 Å². The number of amides is 1. The summed E-state index contributed by atoms with van der Waals surface area (Å²) in [4.78, 5) is 14.9. The predicted molar refractivity (Wildman–Crippen MR) is 152 cm³/mol. The molecule has 9 heteroatoms. The minimum absolute atomic E-state index is 0.00246. The second-order valence-corrected chi connectivity index (χ2v) is 12.1. The van der Waals surface area contributed by atoms with Crippen molar-refractivity contribution in [3.63, 3.8) is 0 Å². The number of aromatic nitrogens is 2. The van der Waals surface area contributed by atoms with Gasteiger partial charge in [0.25, 0.3) is 10.0 Å². The Balaban J connectivity index is 1.48. The van der Waals surface area contributed by atoms with Crippen molar-refractivity contribution in [3.8, 4) is 0 Å². The number of carbonyl (C=O) groups is 1. The standard InChI is InChI=1S/C29H33ClN4O3S/c1-20-10-13-25(14-11-20)38(36,37)34-27-15-12-23(29(30)26(27)19-32-34)17-24(33(3)4)18-31-28(35)16-21(2)22-8-6-5-7-9-22/h5-15,19,21,24H,16-18H2,1-4H3,(H,31,35)/t21-,24-/m0/s1. The second kappa shape index (κ2) is 11.7. The highest BCUT2D eigenvalue weighted by Crippen LogP contribution is 2.30. The van der Waals surface area contributed by atoms with Gasteiger partial charge < -0.3 is 10.2 Å². The van der Waals surface area contributed by atoms with Gasteiger partial charge in [-0.25, -0.2) is 0 Å². The largest absolute Gasteiger partial charge is 0.355 e. The highest BCUT2D eigenvalue weighted by molar-refractivity contribution is 7.90. The number of nitrogens with zero attached hydrogens (tertiary/aromatic N) is 3. The van der Waals surface area contributed by atoms with E-state index in [4.69, 9.17) is 11.6 Å². The fourth-order valence-corrected chi connectivity index (χ4v) is 5.98. The van der Waals surface area contributed by atoms with Crippen LogP contribution in [0.1, 0.15) is 36.0 Å². The summed E-state index contributed by atoms with van der Waals surface area (Å²) < 4.78 is 27.4. The molecule has 4 rings (SSSR count). The van der Waals surface area contributed by atoms with Crippen LogP contribution in [0.2, 0.25) is 5.02 Å². The van der Waals surface area contributed by atoms with Crippen molar-refractivity contribution in [2.45, 2.75) is 43.5 Å². The zero-order valence-electron chi connectivity index (χ0n) is 22.1. The van der Waals surface area contributed by atoms with Crippen LogP contribution in [0.3, 0.4) is 0 Å². The van der Waals surface area contributed by atoms with Gasteiger partial charge >= 0.3 is 0 Å². The van der Waals surface area contributed by atoms with Gasteiger partial charge in [0, 0.05) is 24.4 Å². The highest BCUT2D eigenvalue weighted by Gasteiger charge is 2.23. The van der Waals surface area contributed by atoms with Gasteiger partial charge in [0.05, 0.1) is 21.6 Å². The molecular weight excluding hydrogens is 520 g/mol. The van der Waals surface area contributed by atoms with Crippen molar-refractivity contribution in [2.24, 2.45) is 0 Å². The van der Waals surface area contributed by atoms with Crippen LogP contribution in [0.15, 0.2) is 77.8 Å². The fraction of sp³-hybridized carbons (Fsp3) is 0.310. The molecule has 0 fully saturated rings. The van der Waals surface area contributed by atoms with Crippen LogP contribution >= 0.6 is 11.6 Å². The van der Waals surface area contributed by atoms with Crippen LogP contribution in [-0.2, 0) is 21.2 Å². The number of halogens is 1. The summed E-state index contributed by atoms with van der Waals surface area (Å²) in [7, 11) is 0.0585. The van der Waals surface area contributed by atoms with Crippen LogP contribution in [0.5, 0.6) is 0 Å². The molecule has 0 aliphatic carbocycles. The molecule has 0 unspecified atom stereocenters. The Morgan fingerprint density at radius 3 is 2.39 bits per heavy atom. The van der Waals surface area contributed by atoms with E-state index < -0.39 is 10.0 Å². The highest BCUT2D eigenvalue weighted by atomic mass is 35.5. The molecule has 0 bridgehead atoms. The van der Waals surface area contributed by atoms with Gasteiger partial charge in [0.15, 0.2) is 0 Å². The van der Waals surface area contributed by atoms with Crippen molar-refractivity contribution in [3.05, 3.63) is 94.6 Å². The third-order valence-corrected chi connectivity index (χ3v) is 8.92. The van der Waals surface area contributed by atoms with Crippen LogP contribution in [0.25, 0.3) is 10.9 Å². The number of carbonyl (C=O) groups excluding carboxylic acids is 1. The maximum absolute atomic E-state index is 13.2. The Labute approximate surface area is 229 Å². The number of nitrogens with one attached hydrogen (secondary N) is 1. The topological polar surface area (TPSA) is 84.3 Å². The van der Waals surface area contributed by atoms with Crippen molar-refractivity contribution < 1.29 is 13.2 Å². The molecule has 1 N–H and O–H groups in total. The summed E-state index contributed by atoms with van der Waals surface area (Å²) in [5.74, 6) is 0.121. The Hall–Kier alpha value is -3.20. The Morgan fingerprint density at radius 1 is 1.05 bits per heavy atom. The quantitative estimate of drug-likeness (QED) is 0.299. The third kappa shape index (κ3) is 6.09.